The number of carbonyl (C=O) groups is 1. The third-order valence-electron chi connectivity index (χ3n) is 5.54. The van der Waals surface area contributed by atoms with E-state index in [-0.39, 0.29) is 0 Å². The van der Waals surface area contributed by atoms with E-state index in [0.717, 1.165) is 13.5 Å². The van der Waals surface area contributed by atoms with Crippen LogP contribution in [0.4, 0.5) is 0 Å². The van der Waals surface area contributed by atoms with Crippen molar-refractivity contribution < 1.29 is 27.4 Å². The van der Waals surface area contributed by atoms with Crippen LogP contribution in [0.25, 0.3) is 0 Å². The highest BCUT2D eigenvalue weighted by atomic mass is 32.2. The number of carboxylic acid groups (broad SMARTS) is 1. The van der Waals surface area contributed by atoms with Crippen LogP contribution in [0.5, 0.6) is 0 Å². The van der Waals surface area contributed by atoms with E-state index < -0.39 is 23.3 Å². The molecule has 1 rings (SSSR count). The van der Waals surface area contributed by atoms with Gasteiger partial charge in [0.15, 0.2) is 0 Å². The maximum Gasteiger partial charge on any atom is 0.243 e. The summed E-state index contributed by atoms with van der Waals surface area (Å²) in [6, 6.07) is 0. The second kappa shape index (κ2) is 25.7. The largest absolute Gasteiger partial charge is 0.748 e. The predicted molar refractivity (Wildman–Crippen MR) is 153 cm³/mol. The van der Waals surface area contributed by atoms with Gasteiger partial charge in [0.1, 0.15) is 12.4 Å². The van der Waals surface area contributed by atoms with Crippen LogP contribution in [-0.4, -0.2) is 54.4 Å². The van der Waals surface area contributed by atoms with Gasteiger partial charge in [-0.05, 0) is 39.0 Å². The van der Waals surface area contributed by atoms with Gasteiger partial charge in [-0.3, -0.25) is 0 Å². The van der Waals surface area contributed by atoms with Crippen molar-refractivity contribution in [3.63, 3.8) is 0 Å². The average Bonchev–Trinajstić information content (AvgIpc) is 3.20. The van der Waals surface area contributed by atoms with Gasteiger partial charge in [0.25, 0.3) is 0 Å². The zero-order valence-electron chi connectivity index (χ0n) is 24.6. The topological polar surface area (TPSA) is 106 Å². The van der Waals surface area contributed by atoms with Gasteiger partial charge in [0, 0.05) is 19.5 Å². The van der Waals surface area contributed by atoms with Crippen LogP contribution in [0.15, 0.2) is 18.7 Å². The van der Waals surface area contributed by atoms with Crippen molar-refractivity contribution in [3.8, 4) is 0 Å². The first-order valence-corrected chi connectivity index (χ1v) is 18.1. The number of carbonyl (C=O) groups excluding carboxylic acids is 1. The molecule has 9 heteroatoms. The van der Waals surface area contributed by atoms with E-state index in [4.69, 9.17) is 22.9 Å². The van der Waals surface area contributed by atoms with Gasteiger partial charge in [-0.2, -0.15) is 0 Å². The quantitative estimate of drug-likeness (QED) is 0.168. The van der Waals surface area contributed by atoms with Gasteiger partial charge in [0.05, 0.1) is 48.4 Å². The van der Waals surface area contributed by atoms with E-state index >= 15 is 0 Å². The molecule has 0 saturated carbocycles. The van der Waals surface area contributed by atoms with Gasteiger partial charge in [-0.1, -0.05) is 66.7 Å². The maximum absolute atomic E-state index is 9.08. The number of aliphatic carboxylic acids is 1. The minimum atomic E-state index is -3.92. The normalized spacial score (nSPS) is 10.8. The Bertz CT molecular complexity index is 674. The van der Waals surface area contributed by atoms with Crippen molar-refractivity contribution in [1.29, 1.82) is 0 Å². The highest BCUT2D eigenvalue weighted by molar-refractivity contribution is 7.84. The molecule has 216 valence electrons. The van der Waals surface area contributed by atoms with E-state index in [9.17, 15) is 0 Å². The van der Waals surface area contributed by atoms with Crippen molar-refractivity contribution in [3.05, 3.63) is 18.7 Å². The van der Waals surface area contributed by atoms with Crippen LogP contribution in [0, 0.1) is 0 Å². The lowest BCUT2D eigenvalue weighted by Gasteiger charge is -2.28. The van der Waals surface area contributed by atoms with Crippen LogP contribution in [0.2, 0.25) is 0 Å². The third-order valence-corrected chi connectivity index (χ3v) is 10.6. The Labute approximate surface area is 224 Å². The predicted octanol–water partition coefficient (Wildman–Crippen LogP) is 5.23. The van der Waals surface area contributed by atoms with Crippen LogP contribution in [-0.2, 0) is 28.5 Å². The summed E-state index contributed by atoms with van der Waals surface area (Å²) in [6.45, 7) is 13.8. The highest BCUT2D eigenvalue weighted by Crippen LogP contribution is 2.61. The lowest BCUT2D eigenvalue weighted by Crippen LogP contribution is -2.23. The molecule has 0 N–H and O–H groups in total. The number of aryl methyl sites for hydroxylation is 2. The summed E-state index contributed by atoms with van der Waals surface area (Å²) in [6.07, 6.45) is 27.4. The molecule has 0 unspecified atom stereocenters. The third kappa shape index (κ3) is 33.0. The molecule has 0 radical (unpaired) electrons. The van der Waals surface area contributed by atoms with Gasteiger partial charge >= 0.3 is 0 Å². The molecule has 36 heavy (non-hydrogen) atoms. The minimum absolute atomic E-state index is 0.562. The summed E-state index contributed by atoms with van der Waals surface area (Å²) < 4.78 is 31.5. The molecule has 0 spiro atoms. The molecular weight excluding hydrogens is 495 g/mol. The fraction of sp³-hybridized carbons (Fsp3) is 0.852. The van der Waals surface area contributed by atoms with Gasteiger partial charge in [0.2, 0.25) is 6.33 Å². The molecule has 0 aliphatic rings. The molecule has 0 bridgehead atoms. The number of rotatable bonds is 15. The highest BCUT2D eigenvalue weighted by Gasteiger charge is 2.34. The number of hydrogen-bond donors (Lipinski definition) is 0. The Morgan fingerprint density at radius 3 is 1.36 bits per heavy atom. The zero-order chi connectivity index (χ0) is 28.5. The smallest absolute Gasteiger partial charge is 0.243 e. The van der Waals surface area contributed by atoms with Gasteiger partial charge in [-0.25, -0.2) is 17.6 Å². The lowest BCUT2D eigenvalue weighted by atomic mass is 10.3. The molecule has 0 atom stereocenters. The average molecular weight is 553 g/mol. The summed E-state index contributed by atoms with van der Waals surface area (Å²) in [5.41, 5.74) is 0. The van der Waals surface area contributed by atoms with E-state index in [1.165, 1.54) is 64.2 Å². The second-order valence-corrected chi connectivity index (χ2v) is 15.4. The molecule has 0 aromatic carbocycles. The van der Waals surface area contributed by atoms with E-state index in [0.29, 0.717) is 6.26 Å². The zero-order valence-corrected chi connectivity index (χ0v) is 26.3. The number of imidazole rings is 1. The van der Waals surface area contributed by atoms with Crippen LogP contribution >= 0.6 is 7.26 Å². The lowest BCUT2D eigenvalue weighted by molar-refractivity contribution is -0.671. The number of carboxylic acids is 1. The summed E-state index contributed by atoms with van der Waals surface area (Å²) in [7, 11) is -2.43. The molecule has 1 aromatic rings. The summed E-state index contributed by atoms with van der Waals surface area (Å²) in [5, 5.41) is 8.89. The molecule has 1 aromatic heterocycles. The molecule has 0 amide bonds. The Balaban J connectivity index is -0.000000478. The van der Waals surface area contributed by atoms with Crippen LogP contribution in [0.1, 0.15) is 106 Å². The maximum atomic E-state index is 9.08. The molecule has 0 saturated heterocycles. The van der Waals surface area contributed by atoms with E-state index in [1.807, 2.05) is 7.05 Å². The second-order valence-electron chi connectivity index (χ2n) is 9.52. The SMILES string of the molecule is CC(=O)[O-].CCCC[P+](CCCC)(CCCC)CCCC.CCCCn1cc[n+](C)c1.CS(=O)(=O)[O-]. The number of aromatic nitrogens is 2. The first-order valence-electron chi connectivity index (χ1n) is 13.7. The first-order chi connectivity index (χ1) is 16.8. The number of hydrogen-bond acceptors (Lipinski definition) is 5. The van der Waals surface area contributed by atoms with Crippen molar-refractivity contribution in [2.45, 2.75) is 112 Å². The number of nitrogens with zero attached hydrogens (tertiary/aromatic N) is 2. The monoisotopic (exact) mass is 552 g/mol. The fourth-order valence-corrected chi connectivity index (χ4v) is 8.91. The standard InChI is InChI=1S/C16H36P.C8H15N2.C2H4O2.CH4O3S/c1-5-9-13-17(14-10-6-2,15-11-7-3)16-12-8-4;1-3-4-5-10-7-6-9(2)8-10;1-2(3)4;1-5(2,3)4/h5-16H2,1-4H3;6-8H,3-5H2,1-2H3;1H3,(H,3,4);1H3,(H,2,3,4)/q2*+1;;/p-2. The fourth-order valence-electron chi connectivity index (χ4n) is 3.62. The molecular formula is C27H57N2O5PS. The van der Waals surface area contributed by atoms with E-state index in [1.54, 1.807) is 24.6 Å². The van der Waals surface area contributed by atoms with Crippen molar-refractivity contribution in [2.75, 3.05) is 30.9 Å². The summed E-state index contributed by atoms with van der Waals surface area (Å²) in [5.74, 6) is -1.08. The molecule has 1 heterocycles. The molecule has 7 nitrogen and oxygen atoms in total. The Kier molecular flexibility index (Phi) is 28.2. The Morgan fingerprint density at radius 1 is 0.833 bits per heavy atom. The van der Waals surface area contributed by atoms with Gasteiger partial charge < -0.3 is 14.5 Å². The summed E-state index contributed by atoms with van der Waals surface area (Å²) >= 11 is 0. The number of unbranched alkanes of at least 4 members (excludes halogenated alkanes) is 5. The Morgan fingerprint density at radius 2 is 1.14 bits per heavy atom. The van der Waals surface area contributed by atoms with Crippen molar-refractivity contribution in [1.82, 2.24) is 4.57 Å². The summed E-state index contributed by atoms with van der Waals surface area (Å²) in [4.78, 5) is 8.89. The van der Waals surface area contributed by atoms with Gasteiger partial charge in [-0.15, -0.1) is 0 Å². The molecule has 0 aliphatic carbocycles. The minimum Gasteiger partial charge on any atom is -0.748 e. The van der Waals surface area contributed by atoms with E-state index in [2.05, 4.69) is 62.5 Å². The first kappa shape index (κ1) is 39.5. The molecule has 0 fully saturated rings. The van der Waals surface area contributed by atoms with Crippen molar-refractivity contribution >= 4 is 23.3 Å². The van der Waals surface area contributed by atoms with Crippen LogP contribution < -0.4 is 9.67 Å². The Hall–Kier alpha value is -0.980. The van der Waals surface area contributed by atoms with Crippen molar-refractivity contribution in [2.24, 2.45) is 7.05 Å². The van der Waals surface area contributed by atoms with Crippen LogP contribution in [0.3, 0.4) is 0 Å². The molecule has 0 aliphatic heterocycles.